The fraction of sp³-hybridized carbons (Fsp3) is 0.388. The average Bonchev–Trinajstić information content (AvgIpc) is 3.34. The molecular formula is C49H57N. The smallest absolute Gasteiger partial charge is 0.0465 e. The summed E-state index contributed by atoms with van der Waals surface area (Å²) in [6.45, 7) is 18.9. The molecule has 0 heterocycles. The van der Waals surface area contributed by atoms with Crippen molar-refractivity contribution in [2.75, 3.05) is 4.90 Å². The molecule has 2 aliphatic rings. The standard InChI is InChI=1S/C49H57N/c1-9-29-48(5,6)39-31-37(30-38(32-39)47(2,3)4)36-21-25-41(26-22-36)50(40-23-19-35(20-24-40)34-15-11-10-12-16-34)42-27-28-44-43-17-13-14-18-45(43)49(7,8)46(44)33-42/h13-14,17-28,30-34H,9-12,15-16,29H2,1-8H3. The molecule has 0 atom stereocenters. The van der Waals surface area contributed by atoms with Gasteiger partial charge in [-0.3, -0.25) is 0 Å². The van der Waals surface area contributed by atoms with Crippen molar-refractivity contribution in [2.24, 2.45) is 0 Å². The third-order valence-electron chi connectivity index (χ3n) is 12.0. The predicted octanol–water partition coefficient (Wildman–Crippen LogP) is 14.6. The van der Waals surface area contributed by atoms with Gasteiger partial charge in [0, 0.05) is 22.5 Å². The highest BCUT2D eigenvalue weighted by atomic mass is 15.1. The van der Waals surface area contributed by atoms with Crippen molar-refractivity contribution in [1.82, 2.24) is 0 Å². The van der Waals surface area contributed by atoms with Gasteiger partial charge in [-0.05, 0) is 122 Å². The number of fused-ring (bicyclic) bond motifs is 3. The van der Waals surface area contributed by atoms with E-state index in [0.29, 0.717) is 5.92 Å². The normalized spacial score (nSPS) is 15.8. The molecule has 1 saturated carbocycles. The topological polar surface area (TPSA) is 3.24 Å². The summed E-state index contributed by atoms with van der Waals surface area (Å²) in [5.41, 5.74) is 16.2. The number of hydrogen-bond acceptors (Lipinski definition) is 1. The zero-order chi connectivity index (χ0) is 35.3. The Morgan fingerprint density at radius 3 is 1.86 bits per heavy atom. The lowest BCUT2D eigenvalue weighted by molar-refractivity contribution is 0.443. The molecule has 0 saturated heterocycles. The maximum absolute atomic E-state index is 2.47. The maximum Gasteiger partial charge on any atom is 0.0465 e. The number of rotatable bonds is 8. The largest absolute Gasteiger partial charge is 0.310 e. The Morgan fingerprint density at radius 1 is 0.600 bits per heavy atom. The summed E-state index contributed by atoms with van der Waals surface area (Å²) in [6, 6.07) is 42.3. The van der Waals surface area contributed by atoms with Crippen molar-refractivity contribution in [3.05, 3.63) is 137 Å². The van der Waals surface area contributed by atoms with Crippen LogP contribution in [0.2, 0.25) is 0 Å². The van der Waals surface area contributed by atoms with Crippen LogP contribution < -0.4 is 4.90 Å². The molecule has 0 aliphatic heterocycles. The predicted molar refractivity (Wildman–Crippen MR) is 217 cm³/mol. The van der Waals surface area contributed by atoms with Crippen molar-refractivity contribution in [2.45, 2.75) is 122 Å². The molecule has 5 aromatic carbocycles. The maximum atomic E-state index is 2.47. The van der Waals surface area contributed by atoms with E-state index in [1.165, 1.54) is 112 Å². The highest BCUT2D eigenvalue weighted by molar-refractivity contribution is 5.86. The van der Waals surface area contributed by atoms with E-state index in [-0.39, 0.29) is 16.2 Å². The Balaban J connectivity index is 1.31. The van der Waals surface area contributed by atoms with Crippen LogP contribution in [-0.4, -0.2) is 0 Å². The first kappa shape index (κ1) is 34.4. The molecule has 0 radical (unpaired) electrons. The zero-order valence-corrected chi connectivity index (χ0v) is 31.9. The minimum Gasteiger partial charge on any atom is -0.310 e. The molecule has 1 heteroatoms. The van der Waals surface area contributed by atoms with E-state index in [9.17, 15) is 0 Å². The minimum atomic E-state index is -0.0519. The number of nitrogens with zero attached hydrogens (tertiary/aromatic N) is 1. The van der Waals surface area contributed by atoms with Crippen molar-refractivity contribution in [1.29, 1.82) is 0 Å². The van der Waals surface area contributed by atoms with Crippen molar-refractivity contribution in [3.8, 4) is 22.3 Å². The quantitative estimate of drug-likeness (QED) is 0.160. The summed E-state index contributed by atoms with van der Waals surface area (Å²) in [5, 5.41) is 0. The summed E-state index contributed by atoms with van der Waals surface area (Å²) < 4.78 is 0. The molecule has 0 N–H and O–H groups in total. The second kappa shape index (κ2) is 13.2. The van der Waals surface area contributed by atoms with Crippen LogP contribution in [0.3, 0.4) is 0 Å². The van der Waals surface area contributed by atoms with E-state index in [4.69, 9.17) is 0 Å². The first-order valence-corrected chi connectivity index (χ1v) is 19.3. The second-order valence-corrected chi connectivity index (χ2v) is 17.4. The molecule has 0 amide bonds. The summed E-state index contributed by atoms with van der Waals surface area (Å²) in [7, 11) is 0. The first-order valence-electron chi connectivity index (χ1n) is 19.3. The van der Waals surface area contributed by atoms with Crippen LogP contribution in [0, 0.1) is 0 Å². The van der Waals surface area contributed by atoms with Gasteiger partial charge in [-0.25, -0.2) is 0 Å². The van der Waals surface area contributed by atoms with Crippen LogP contribution >= 0.6 is 0 Å². The van der Waals surface area contributed by atoms with Gasteiger partial charge in [0.25, 0.3) is 0 Å². The van der Waals surface area contributed by atoms with E-state index in [1.807, 2.05) is 0 Å². The molecule has 0 aromatic heterocycles. The summed E-state index contributed by atoms with van der Waals surface area (Å²) in [5.74, 6) is 0.695. The molecule has 0 bridgehead atoms. The van der Waals surface area contributed by atoms with Crippen LogP contribution in [0.25, 0.3) is 22.3 Å². The van der Waals surface area contributed by atoms with E-state index in [2.05, 4.69) is 169 Å². The molecule has 1 fully saturated rings. The lowest BCUT2D eigenvalue weighted by Gasteiger charge is -2.30. The fourth-order valence-electron chi connectivity index (χ4n) is 8.80. The summed E-state index contributed by atoms with van der Waals surface area (Å²) in [6.07, 6.45) is 9.09. The third-order valence-corrected chi connectivity index (χ3v) is 12.0. The Labute approximate surface area is 302 Å². The second-order valence-electron chi connectivity index (χ2n) is 17.4. The molecule has 0 unspecified atom stereocenters. The first-order chi connectivity index (χ1) is 23.9. The molecule has 258 valence electrons. The van der Waals surface area contributed by atoms with Gasteiger partial charge in [0.2, 0.25) is 0 Å². The van der Waals surface area contributed by atoms with Crippen LogP contribution in [0.5, 0.6) is 0 Å². The van der Waals surface area contributed by atoms with Gasteiger partial charge in [0.15, 0.2) is 0 Å². The Hall–Kier alpha value is -4.10. The monoisotopic (exact) mass is 659 g/mol. The van der Waals surface area contributed by atoms with Gasteiger partial charge in [0.05, 0.1) is 0 Å². The van der Waals surface area contributed by atoms with E-state index in [1.54, 1.807) is 0 Å². The van der Waals surface area contributed by atoms with Crippen molar-refractivity contribution >= 4 is 17.1 Å². The highest BCUT2D eigenvalue weighted by Gasteiger charge is 2.35. The van der Waals surface area contributed by atoms with Crippen LogP contribution in [0.15, 0.2) is 109 Å². The summed E-state index contributed by atoms with van der Waals surface area (Å²) in [4.78, 5) is 2.47. The fourth-order valence-corrected chi connectivity index (χ4v) is 8.80. The zero-order valence-electron chi connectivity index (χ0n) is 31.9. The Kier molecular flexibility index (Phi) is 9.08. The van der Waals surface area contributed by atoms with Gasteiger partial charge in [0.1, 0.15) is 0 Å². The van der Waals surface area contributed by atoms with E-state index < -0.39 is 0 Å². The molecular weight excluding hydrogens is 603 g/mol. The lowest BCUT2D eigenvalue weighted by atomic mass is 9.76. The van der Waals surface area contributed by atoms with Crippen LogP contribution in [0.1, 0.15) is 134 Å². The van der Waals surface area contributed by atoms with Crippen LogP contribution in [0.4, 0.5) is 17.1 Å². The number of benzene rings is 5. The molecule has 2 aliphatic carbocycles. The summed E-state index contributed by atoms with van der Waals surface area (Å²) >= 11 is 0. The highest BCUT2D eigenvalue weighted by Crippen LogP contribution is 2.51. The SMILES string of the molecule is CCCC(C)(C)c1cc(-c2ccc(N(c3ccc(C4CCCCC4)cc3)c3ccc4c(c3)C(C)(C)c3ccccc3-4)cc2)cc(C(C)(C)C)c1. The molecule has 50 heavy (non-hydrogen) atoms. The van der Waals surface area contributed by atoms with Crippen LogP contribution in [-0.2, 0) is 16.2 Å². The number of hydrogen-bond donors (Lipinski definition) is 0. The van der Waals surface area contributed by atoms with Crippen molar-refractivity contribution in [3.63, 3.8) is 0 Å². The molecule has 5 aromatic rings. The molecule has 1 nitrogen and oxygen atoms in total. The van der Waals surface area contributed by atoms with Crippen molar-refractivity contribution < 1.29 is 0 Å². The van der Waals surface area contributed by atoms with Gasteiger partial charge in [-0.2, -0.15) is 0 Å². The Morgan fingerprint density at radius 2 is 1.20 bits per heavy atom. The molecule has 0 spiro atoms. The van der Waals surface area contributed by atoms with Gasteiger partial charge < -0.3 is 4.90 Å². The minimum absolute atomic E-state index is 0.0519. The third kappa shape index (κ3) is 6.45. The van der Waals surface area contributed by atoms with Gasteiger partial charge in [-0.15, -0.1) is 0 Å². The van der Waals surface area contributed by atoms with Gasteiger partial charge in [-0.1, -0.05) is 154 Å². The Bertz CT molecular complexity index is 1960. The molecule has 7 rings (SSSR count). The van der Waals surface area contributed by atoms with Gasteiger partial charge >= 0.3 is 0 Å². The van der Waals surface area contributed by atoms with E-state index in [0.717, 1.165) is 0 Å². The lowest BCUT2D eigenvalue weighted by Crippen LogP contribution is -2.19. The average molecular weight is 660 g/mol. The van der Waals surface area contributed by atoms with E-state index >= 15 is 0 Å². The number of anilines is 3.